The Kier molecular flexibility index (Phi) is 55.7. The summed E-state index contributed by atoms with van der Waals surface area (Å²) in [6.07, 6.45) is 81.2. The van der Waals surface area contributed by atoms with E-state index < -0.39 is 12.1 Å². The molecule has 4 nitrogen and oxygen atoms in total. The molecule has 0 heterocycles. The highest BCUT2D eigenvalue weighted by Crippen LogP contribution is 2.17. The molecule has 0 aliphatic rings. The number of hydrogen-bond donors (Lipinski definition) is 3. The summed E-state index contributed by atoms with van der Waals surface area (Å²) in [4.78, 5) is 12.5. The molecular formula is C62H115NO3. The first-order valence-electron chi connectivity index (χ1n) is 29.5. The zero-order valence-corrected chi connectivity index (χ0v) is 44.5. The first-order valence-corrected chi connectivity index (χ1v) is 29.5. The maximum atomic E-state index is 12.5. The summed E-state index contributed by atoms with van der Waals surface area (Å²) in [5.74, 6) is -0.0810. The molecule has 66 heavy (non-hydrogen) atoms. The molecule has 0 saturated carbocycles. The van der Waals surface area contributed by atoms with E-state index in [2.05, 4.69) is 67.8 Å². The van der Waals surface area contributed by atoms with Crippen molar-refractivity contribution < 1.29 is 15.0 Å². The molecule has 4 heteroatoms. The standard InChI is InChI=1S/C62H115NO3/c1-3-5-7-9-11-13-15-17-19-21-23-25-26-27-28-29-30-31-32-33-34-35-36-38-39-41-43-45-47-49-51-53-55-57-61(65)60(59-64)63-62(66)58-56-54-52-50-48-46-44-42-40-37-24-22-20-18-16-14-12-10-8-6-4-2/h16,18,22,24,39,41,47,49,55,57,60-61,64-65H,3-15,17,19-21,23,25-38,40,42-46,48,50-54,56,58-59H2,1-2H3,(H,63,66)/b18-16-,24-22-,41-39+,49-47+,57-55+. The molecule has 0 rings (SSSR count). The number of allylic oxidation sites excluding steroid dienone is 9. The molecule has 1 amide bonds. The lowest BCUT2D eigenvalue weighted by atomic mass is 10.0. The molecule has 3 N–H and O–H groups in total. The summed E-state index contributed by atoms with van der Waals surface area (Å²) < 4.78 is 0. The third-order valence-corrected chi connectivity index (χ3v) is 13.5. The van der Waals surface area contributed by atoms with Crippen LogP contribution >= 0.6 is 0 Å². The quantitative estimate of drug-likeness (QED) is 0.0420. The van der Waals surface area contributed by atoms with E-state index in [4.69, 9.17) is 0 Å². The maximum absolute atomic E-state index is 12.5. The van der Waals surface area contributed by atoms with Gasteiger partial charge < -0.3 is 15.5 Å². The number of carbonyl (C=O) groups is 1. The van der Waals surface area contributed by atoms with Gasteiger partial charge in [-0.05, 0) is 77.0 Å². The molecule has 0 bridgehead atoms. The smallest absolute Gasteiger partial charge is 0.220 e. The largest absolute Gasteiger partial charge is 0.394 e. The Labute approximate surface area is 413 Å². The number of unbranched alkanes of at least 4 members (excludes halogenated alkanes) is 39. The summed E-state index contributed by atoms with van der Waals surface area (Å²) in [5, 5.41) is 23.1. The summed E-state index contributed by atoms with van der Waals surface area (Å²) in [5.41, 5.74) is 0. The molecule has 2 atom stereocenters. The SMILES string of the molecule is CCCCCCC/C=C\C/C=C\CCCCCCCCCCCC(=O)NC(CO)C(O)/C=C/CC/C=C/CC/C=C/CCCCCCCCCCCCCCCCCCCCCCCCC. The predicted molar refractivity (Wildman–Crippen MR) is 294 cm³/mol. The van der Waals surface area contributed by atoms with Gasteiger partial charge in [-0.1, -0.05) is 286 Å². The molecule has 0 radical (unpaired) electrons. The molecule has 0 fully saturated rings. The van der Waals surface area contributed by atoms with E-state index in [1.165, 1.54) is 244 Å². The van der Waals surface area contributed by atoms with Gasteiger partial charge in [-0.3, -0.25) is 4.79 Å². The number of carbonyl (C=O) groups excluding carboxylic acids is 1. The Hall–Kier alpha value is -1.91. The average Bonchev–Trinajstić information content (AvgIpc) is 3.32. The fourth-order valence-corrected chi connectivity index (χ4v) is 8.95. The van der Waals surface area contributed by atoms with E-state index in [1.54, 1.807) is 6.08 Å². The second kappa shape index (κ2) is 57.4. The van der Waals surface area contributed by atoms with Crippen molar-refractivity contribution in [1.82, 2.24) is 5.32 Å². The van der Waals surface area contributed by atoms with Crippen molar-refractivity contribution in [2.24, 2.45) is 0 Å². The van der Waals surface area contributed by atoms with Gasteiger partial charge in [-0.15, -0.1) is 0 Å². The molecule has 0 spiro atoms. The van der Waals surface area contributed by atoms with E-state index in [9.17, 15) is 15.0 Å². The van der Waals surface area contributed by atoms with Crippen LogP contribution < -0.4 is 5.32 Å². The first kappa shape index (κ1) is 64.1. The lowest BCUT2D eigenvalue weighted by Gasteiger charge is -2.19. The average molecular weight is 923 g/mol. The summed E-state index contributed by atoms with van der Waals surface area (Å²) in [6, 6.07) is -0.651. The lowest BCUT2D eigenvalue weighted by molar-refractivity contribution is -0.123. The summed E-state index contributed by atoms with van der Waals surface area (Å²) in [7, 11) is 0. The van der Waals surface area contributed by atoms with Crippen LogP contribution in [0.3, 0.4) is 0 Å². The van der Waals surface area contributed by atoms with Crippen LogP contribution in [0.2, 0.25) is 0 Å². The van der Waals surface area contributed by atoms with Gasteiger partial charge in [0.15, 0.2) is 0 Å². The minimum absolute atomic E-state index is 0.0810. The van der Waals surface area contributed by atoms with Crippen molar-refractivity contribution in [3.05, 3.63) is 60.8 Å². The second-order valence-corrected chi connectivity index (χ2v) is 20.0. The van der Waals surface area contributed by atoms with Crippen LogP contribution in [-0.2, 0) is 4.79 Å². The summed E-state index contributed by atoms with van der Waals surface area (Å²) >= 11 is 0. The van der Waals surface area contributed by atoms with E-state index in [-0.39, 0.29) is 12.5 Å². The Morgan fingerprint density at radius 1 is 0.364 bits per heavy atom. The van der Waals surface area contributed by atoms with Gasteiger partial charge in [0.05, 0.1) is 18.8 Å². The van der Waals surface area contributed by atoms with Gasteiger partial charge in [0.2, 0.25) is 5.91 Å². The number of aliphatic hydroxyl groups excluding tert-OH is 2. The Morgan fingerprint density at radius 3 is 0.970 bits per heavy atom. The molecule has 0 aromatic heterocycles. The van der Waals surface area contributed by atoms with E-state index in [1.807, 2.05) is 6.08 Å². The molecule has 2 unspecified atom stereocenters. The van der Waals surface area contributed by atoms with Crippen molar-refractivity contribution in [2.45, 2.75) is 321 Å². The molecule has 0 aliphatic carbocycles. The van der Waals surface area contributed by atoms with Crippen LogP contribution in [0.15, 0.2) is 60.8 Å². The van der Waals surface area contributed by atoms with Crippen LogP contribution in [0.1, 0.15) is 309 Å². The fraction of sp³-hybridized carbons (Fsp3) is 0.823. The Morgan fingerprint density at radius 2 is 0.636 bits per heavy atom. The number of rotatable bonds is 54. The highest BCUT2D eigenvalue weighted by Gasteiger charge is 2.18. The zero-order chi connectivity index (χ0) is 47.7. The van der Waals surface area contributed by atoms with Crippen LogP contribution in [0.25, 0.3) is 0 Å². The van der Waals surface area contributed by atoms with Gasteiger partial charge in [0.25, 0.3) is 0 Å². The molecular weight excluding hydrogens is 807 g/mol. The van der Waals surface area contributed by atoms with Crippen LogP contribution in [-0.4, -0.2) is 34.9 Å². The van der Waals surface area contributed by atoms with Crippen LogP contribution in [0.5, 0.6) is 0 Å². The van der Waals surface area contributed by atoms with E-state index >= 15 is 0 Å². The van der Waals surface area contributed by atoms with Crippen molar-refractivity contribution in [3.63, 3.8) is 0 Å². The normalized spacial score (nSPS) is 13.2. The topological polar surface area (TPSA) is 69.6 Å². The number of hydrogen-bond acceptors (Lipinski definition) is 3. The lowest BCUT2D eigenvalue weighted by Crippen LogP contribution is -2.45. The third kappa shape index (κ3) is 53.1. The van der Waals surface area contributed by atoms with Gasteiger partial charge in [0, 0.05) is 6.42 Å². The minimum Gasteiger partial charge on any atom is -0.394 e. The minimum atomic E-state index is -0.876. The van der Waals surface area contributed by atoms with Gasteiger partial charge in [-0.2, -0.15) is 0 Å². The van der Waals surface area contributed by atoms with Crippen molar-refractivity contribution in [2.75, 3.05) is 6.61 Å². The maximum Gasteiger partial charge on any atom is 0.220 e. The monoisotopic (exact) mass is 922 g/mol. The van der Waals surface area contributed by atoms with Crippen molar-refractivity contribution in [1.29, 1.82) is 0 Å². The molecule has 0 saturated heterocycles. The van der Waals surface area contributed by atoms with Gasteiger partial charge in [-0.25, -0.2) is 0 Å². The first-order chi connectivity index (χ1) is 32.7. The third-order valence-electron chi connectivity index (χ3n) is 13.5. The fourth-order valence-electron chi connectivity index (χ4n) is 8.95. The summed E-state index contributed by atoms with van der Waals surface area (Å²) in [6.45, 7) is 4.31. The predicted octanol–water partition coefficient (Wildman–Crippen LogP) is 19.6. The van der Waals surface area contributed by atoms with Crippen LogP contribution in [0.4, 0.5) is 0 Å². The molecule has 0 aromatic rings. The highest BCUT2D eigenvalue weighted by molar-refractivity contribution is 5.76. The molecule has 0 aromatic carbocycles. The molecule has 386 valence electrons. The Balaban J connectivity index is 3.54. The van der Waals surface area contributed by atoms with Crippen LogP contribution in [0, 0.1) is 0 Å². The van der Waals surface area contributed by atoms with Crippen molar-refractivity contribution >= 4 is 5.91 Å². The van der Waals surface area contributed by atoms with Gasteiger partial charge in [0.1, 0.15) is 0 Å². The number of aliphatic hydroxyl groups is 2. The zero-order valence-electron chi connectivity index (χ0n) is 44.5. The van der Waals surface area contributed by atoms with E-state index in [0.717, 1.165) is 44.9 Å². The second-order valence-electron chi connectivity index (χ2n) is 20.0. The van der Waals surface area contributed by atoms with E-state index in [0.29, 0.717) is 6.42 Å². The van der Waals surface area contributed by atoms with Gasteiger partial charge >= 0.3 is 0 Å². The number of amides is 1. The number of nitrogens with one attached hydrogen (secondary N) is 1. The highest BCUT2D eigenvalue weighted by atomic mass is 16.3. The van der Waals surface area contributed by atoms with Crippen molar-refractivity contribution in [3.8, 4) is 0 Å². The Bertz CT molecular complexity index is 1090. The molecule has 0 aliphatic heterocycles.